The molecule has 0 aliphatic rings. The highest BCUT2D eigenvalue weighted by atomic mass is 35.5. The Kier molecular flexibility index (Phi) is 2.56. The molecule has 0 atom stereocenters. The summed E-state index contributed by atoms with van der Waals surface area (Å²) in [4.78, 5) is 0. The molecular formula is C11H11ClS. The van der Waals surface area contributed by atoms with E-state index in [0.29, 0.717) is 0 Å². The fraction of sp³-hybridized carbons (Fsp3) is 0.273. The molecule has 1 aromatic heterocycles. The zero-order valence-corrected chi connectivity index (χ0v) is 9.08. The maximum absolute atomic E-state index is 6.08. The predicted octanol–water partition coefficient (Wildman–Crippen LogP) is 4.51. The van der Waals surface area contributed by atoms with Crippen molar-refractivity contribution in [1.29, 1.82) is 0 Å². The van der Waals surface area contributed by atoms with Crippen molar-refractivity contribution >= 4 is 33.0 Å². The topological polar surface area (TPSA) is 0 Å². The van der Waals surface area contributed by atoms with Crippen LogP contribution in [0.3, 0.4) is 0 Å². The molecule has 2 heteroatoms. The van der Waals surface area contributed by atoms with Crippen LogP contribution < -0.4 is 0 Å². The largest absolute Gasteiger partial charge is 0.142 e. The van der Waals surface area contributed by atoms with Crippen molar-refractivity contribution in [1.82, 2.24) is 0 Å². The second-order valence-corrected chi connectivity index (χ2v) is 4.44. The van der Waals surface area contributed by atoms with Gasteiger partial charge in [-0.15, -0.1) is 11.3 Å². The lowest BCUT2D eigenvalue weighted by molar-refractivity contribution is 0.930. The van der Waals surface area contributed by atoms with Crippen LogP contribution in [-0.4, -0.2) is 0 Å². The van der Waals surface area contributed by atoms with Crippen molar-refractivity contribution in [2.24, 2.45) is 0 Å². The summed E-state index contributed by atoms with van der Waals surface area (Å²) in [7, 11) is 0. The van der Waals surface area contributed by atoms with E-state index < -0.39 is 0 Å². The maximum atomic E-state index is 6.08. The molecule has 0 nitrogen and oxygen atoms in total. The van der Waals surface area contributed by atoms with E-state index >= 15 is 0 Å². The highest BCUT2D eigenvalue weighted by Crippen LogP contribution is 2.31. The zero-order valence-electron chi connectivity index (χ0n) is 7.51. The summed E-state index contributed by atoms with van der Waals surface area (Å²) in [5.74, 6) is 0. The van der Waals surface area contributed by atoms with Gasteiger partial charge in [0.05, 0.1) is 9.72 Å². The number of thiophene rings is 1. The molecule has 0 saturated carbocycles. The van der Waals surface area contributed by atoms with Crippen molar-refractivity contribution in [3.8, 4) is 0 Å². The van der Waals surface area contributed by atoms with Crippen LogP contribution in [0.15, 0.2) is 23.6 Å². The first-order valence-corrected chi connectivity index (χ1v) is 5.73. The first kappa shape index (κ1) is 9.04. The van der Waals surface area contributed by atoms with E-state index in [0.717, 1.165) is 11.4 Å². The molecule has 2 aromatic rings. The third-order valence-corrected chi connectivity index (χ3v) is 3.55. The lowest BCUT2D eigenvalue weighted by Crippen LogP contribution is -1.83. The number of rotatable bonds is 2. The van der Waals surface area contributed by atoms with E-state index in [1.54, 1.807) is 11.3 Å². The van der Waals surface area contributed by atoms with Crippen LogP contribution in [0.2, 0.25) is 5.02 Å². The van der Waals surface area contributed by atoms with E-state index in [4.69, 9.17) is 11.6 Å². The summed E-state index contributed by atoms with van der Waals surface area (Å²) in [6.07, 6.45) is 2.33. The number of hydrogen-bond acceptors (Lipinski definition) is 1. The fourth-order valence-corrected chi connectivity index (χ4v) is 2.72. The van der Waals surface area contributed by atoms with E-state index in [-0.39, 0.29) is 0 Å². The molecule has 1 heterocycles. The summed E-state index contributed by atoms with van der Waals surface area (Å²) in [6, 6.07) is 6.31. The van der Waals surface area contributed by atoms with E-state index in [1.807, 2.05) is 6.07 Å². The van der Waals surface area contributed by atoms with Gasteiger partial charge in [-0.05, 0) is 34.9 Å². The van der Waals surface area contributed by atoms with Crippen LogP contribution in [0.5, 0.6) is 0 Å². The second kappa shape index (κ2) is 3.69. The number of benzene rings is 1. The minimum absolute atomic E-state index is 0.879. The summed E-state index contributed by atoms with van der Waals surface area (Å²) in [5, 5.41) is 4.32. The molecule has 0 amide bonds. The van der Waals surface area contributed by atoms with Crippen LogP contribution in [-0.2, 0) is 6.42 Å². The van der Waals surface area contributed by atoms with Crippen LogP contribution in [0.1, 0.15) is 18.9 Å². The number of halogens is 1. The van der Waals surface area contributed by atoms with Crippen LogP contribution in [0, 0.1) is 0 Å². The van der Waals surface area contributed by atoms with Gasteiger partial charge in [-0.1, -0.05) is 31.0 Å². The van der Waals surface area contributed by atoms with Crippen molar-refractivity contribution in [3.05, 3.63) is 34.2 Å². The Bertz CT molecular complexity index is 417. The van der Waals surface area contributed by atoms with Gasteiger partial charge in [-0.25, -0.2) is 0 Å². The van der Waals surface area contributed by atoms with Crippen molar-refractivity contribution in [2.75, 3.05) is 0 Å². The molecule has 0 N–H and O–H groups in total. The van der Waals surface area contributed by atoms with Crippen LogP contribution >= 0.6 is 22.9 Å². The molecule has 0 fully saturated rings. The molecule has 2 rings (SSSR count). The molecule has 0 aliphatic carbocycles. The average Bonchev–Trinajstić information content (AvgIpc) is 2.59. The van der Waals surface area contributed by atoms with Gasteiger partial charge in [-0.3, -0.25) is 0 Å². The van der Waals surface area contributed by atoms with Crippen molar-refractivity contribution in [2.45, 2.75) is 19.8 Å². The smallest absolute Gasteiger partial charge is 0.0584 e. The Hall–Kier alpha value is -0.530. The molecule has 1 aromatic carbocycles. The Morgan fingerprint density at radius 3 is 2.92 bits per heavy atom. The predicted molar refractivity (Wildman–Crippen MR) is 60.8 cm³/mol. The molecule has 0 spiro atoms. The van der Waals surface area contributed by atoms with Gasteiger partial charge in [0.25, 0.3) is 0 Å². The van der Waals surface area contributed by atoms with Crippen LogP contribution in [0.25, 0.3) is 10.1 Å². The SMILES string of the molecule is CCCc1ccc(Cl)c2sccc12. The van der Waals surface area contributed by atoms with Gasteiger partial charge in [0.1, 0.15) is 0 Å². The third kappa shape index (κ3) is 1.59. The maximum Gasteiger partial charge on any atom is 0.0584 e. The Morgan fingerprint density at radius 2 is 2.15 bits per heavy atom. The molecule has 13 heavy (non-hydrogen) atoms. The van der Waals surface area contributed by atoms with E-state index in [2.05, 4.69) is 24.4 Å². The molecule has 68 valence electrons. The second-order valence-electron chi connectivity index (χ2n) is 3.12. The summed E-state index contributed by atoms with van der Waals surface area (Å²) in [5.41, 5.74) is 1.42. The number of hydrogen-bond donors (Lipinski definition) is 0. The molecule has 0 aliphatic heterocycles. The summed E-state index contributed by atoms with van der Waals surface area (Å²) in [6.45, 7) is 2.20. The average molecular weight is 211 g/mol. The molecular weight excluding hydrogens is 200 g/mol. The normalized spacial score (nSPS) is 10.9. The van der Waals surface area contributed by atoms with Crippen molar-refractivity contribution < 1.29 is 0 Å². The standard InChI is InChI=1S/C11H11ClS/c1-2-3-8-4-5-10(12)11-9(8)6-7-13-11/h4-7H,2-3H2,1H3. The number of aryl methyl sites for hydroxylation is 1. The highest BCUT2D eigenvalue weighted by molar-refractivity contribution is 7.17. The lowest BCUT2D eigenvalue weighted by atomic mass is 10.1. The fourth-order valence-electron chi connectivity index (χ4n) is 1.57. The van der Waals surface area contributed by atoms with E-state index in [9.17, 15) is 0 Å². The quantitative estimate of drug-likeness (QED) is 0.685. The van der Waals surface area contributed by atoms with Crippen LogP contribution in [0.4, 0.5) is 0 Å². The Morgan fingerprint density at radius 1 is 1.31 bits per heavy atom. The van der Waals surface area contributed by atoms with Gasteiger partial charge in [0.2, 0.25) is 0 Å². The number of fused-ring (bicyclic) bond motifs is 1. The zero-order chi connectivity index (χ0) is 9.26. The summed E-state index contributed by atoms with van der Waals surface area (Å²) < 4.78 is 1.23. The van der Waals surface area contributed by atoms with Gasteiger partial charge in [-0.2, -0.15) is 0 Å². The molecule has 0 unspecified atom stereocenters. The van der Waals surface area contributed by atoms with Gasteiger partial charge >= 0.3 is 0 Å². The Labute approximate surface area is 87.2 Å². The Balaban J connectivity index is 2.64. The summed E-state index contributed by atoms with van der Waals surface area (Å²) >= 11 is 7.80. The van der Waals surface area contributed by atoms with Gasteiger partial charge < -0.3 is 0 Å². The highest BCUT2D eigenvalue weighted by Gasteiger charge is 2.04. The van der Waals surface area contributed by atoms with Crippen molar-refractivity contribution in [3.63, 3.8) is 0 Å². The molecule has 0 bridgehead atoms. The van der Waals surface area contributed by atoms with Gasteiger partial charge in [0, 0.05) is 0 Å². The van der Waals surface area contributed by atoms with E-state index in [1.165, 1.54) is 22.1 Å². The molecule has 0 radical (unpaired) electrons. The minimum Gasteiger partial charge on any atom is -0.142 e. The monoisotopic (exact) mass is 210 g/mol. The molecule has 0 saturated heterocycles. The minimum atomic E-state index is 0.879. The first-order chi connectivity index (χ1) is 6.33. The van der Waals surface area contributed by atoms with Gasteiger partial charge in [0.15, 0.2) is 0 Å². The first-order valence-electron chi connectivity index (χ1n) is 4.47. The lowest BCUT2D eigenvalue weighted by Gasteiger charge is -2.01. The third-order valence-electron chi connectivity index (χ3n) is 2.18.